The first-order chi connectivity index (χ1) is 12.3. The first kappa shape index (κ1) is 17.0. The van der Waals surface area contributed by atoms with Gasteiger partial charge in [-0.15, -0.1) is 11.5 Å². The fraction of sp³-hybridized carbons (Fsp3) is 0.0870. The summed E-state index contributed by atoms with van der Waals surface area (Å²) in [6.07, 6.45) is 3.46. The molecule has 0 unspecified atom stereocenters. The van der Waals surface area contributed by atoms with Gasteiger partial charge in [-0.1, -0.05) is 42.5 Å². The van der Waals surface area contributed by atoms with E-state index < -0.39 is 0 Å². The third kappa shape index (κ3) is 2.32. The standard InChI is InChI=1S/C23H16NO.Ir/c1-14-6-3-7-15(2)20(14)18-9-4-8-16-17-10-5-12-24-22(17)19-11-13-25-23(19)21(16)18;/h3-10,12-13H,1-2H3;/q-1;. The number of furan rings is 1. The number of nitrogens with zero attached hydrogens (tertiary/aromatic N) is 1. The van der Waals surface area contributed by atoms with Crippen molar-refractivity contribution in [3.05, 3.63) is 78.2 Å². The van der Waals surface area contributed by atoms with Crippen molar-refractivity contribution in [3.63, 3.8) is 0 Å². The Hall–Kier alpha value is -2.48. The van der Waals surface area contributed by atoms with E-state index in [-0.39, 0.29) is 20.1 Å². The molecule has 2 nitrogen and oxygen atoms in total. The molecule has 2 heterocycles. The van der Waals surface area contributed by atoms with E-state index in [4.69, 9.17) is 4.42 Å². The van der Waals surface area contributed by atoms with Gasteiger partial charge in [0.25, 0.3) is 0 Å². The van der Waals surface area contributed by atoms with Crippen molar-refractivity contribution in [3.8, 4) is 11.1 Å². The monoisotopic (exact) mass is 515 g/mol. The van der Waals surface area contributed by atoms with Gasteiger partial charge in [-0.3, -0.25) is 0 Å². The Balaban J connectivity index is 0.00000168. The van der Waals surface area contributed by atoms with Crippen LogP contribution < -0.4 is 0 Å². The molecule has 3 heteroatoms. The summed E-state index contributed by atoms with van der Waals surface area (Å²) in [5.41, 5.74) is 6.81. The summed E-state index contributed by atoms with van der Waals surface area (Å²) in [5.74, 6) is 0. The number of hydrogen-bond donors (Lipinski definition) is 0. The number of rotatable bonds is 1. The normalized spacial score (nSPS) is 11.2. The molecule has 5 rings (SSSR count). The molecule has 0 N–H and O–H groups in total. The second-order valence-corrected chi connectivity index (χ2v) is 6.48. The van der Waals surface area contributed by atoms with Crippen LogP contribution in [0, 0.1) is 19.9 Å². The average molecular weight is 515 g/mol. The second-order valence-electron chi connectivity index (χ2n) is 6.48. The fourth-order valence-corrected chi connectivity index (χ4v) is 3.92. The maximum absolute atomic E-state index is 5.89. The SMILES string of the molecule is Cc1cccc(C)c1-c1cccc2c3cccnc3c3[c-]coc3c12.[Ir]. The molecule has 129 valence electrons. The third-order valence-corrected chi connectivity index (χ3v) is 4.98. The Morgan fingerprint density at radius 3 is 2.42 bits per heavy atom. The van der Waals surface area contributed by atoms with Gasteiger partial charge in [-0.25, -0.2) is 0 Å². The van der Waals surface area contributed by atoms with E-state index >= 15 is 0 Å². The minimum Gasteiger partial charge on any atom is -0.535 e. The quantitative estimate of drug-likeness (QED) is 0.196. The van der Waals surface area contributed by atoms with Gasteiger partial charge >= 0.3 is 0 Å². The molecular formula is C23H16IrNO-. The minimum atomic E-state index is 0. The van der Waals surface area contributed by atoms with Crippen molar-refractivity contribution in [2.75, 3.05) is 0 Å². The van der Waals surface area contributed by atoms with Crippen LogP contribution in [0.1, 0.15) is 11.1 Å². The zero-order chi connectivity index (χ0) is 17.0. The summed E-state index contributed by atoms with van der Waals surface area (Å²) >= 11 is 0. The van der Waals surface area contributed by atoms with E-state index in [1.807, 2.05) is 12.3 Å². The summed E-state index contributed by atoms with van der Waals surface area (Å²) in [4.78, 5) is 4.58. The van der Waals surface area contributed by atoms with Crippen LogP contribution in [0.2, 0.25) is 0 Å². The van der Waals surface area contributed by atoms with Gasteiger partial charge in [0.05, 0.1) is 0 Å². The molecule has 0 amide bonds. The first-order valence-electron chi connectivity index (χ1n) is 8.40. The van der Waals surface area contributed by atoms with Crippen molar-refractivity contribution in [1.82, 2.24) is 4.98 Å². The van der Waals surface area contributed by atoms with Crippen molar-refractivity contribution in [2.45, 2.75) is 13.8 Å². The van der Waals surface area contributed by atoms with E-state index in [2.05, 4.69) is 67.4 Å². The zero-order valence-corrected chi connectivity index (χ0v) is 16.9. The number of pyridine rings is 1. The van der Waals surface area contributed by atoms with E-state index in [9.17, 15) is 0 Å². The molecule has 2 aromatic heterocycles. The van der Waals surface area contributed by atoms with Crippen LogP contribution in [-0.2, 0) is 20.1 Å². The molecule has 0 saturated heterocycles. The average Bonchev–Trinajstić information content (AvgIpc) is 3.12. The van der Waals surface area contributed by atoms with Crippen molar-refractivity contribution in [1.29, 1.82) is 0 Å². The van der Waals surface area contributed by atoms with Gasteiger partial charge in [0, 0.05) is 38.1 Å². The van der Waals surface area contributed by atoms with Crippen molar-refractivity contribution >= 4 is 32.6 Å². The van der Waals surface area contributed by atoms with Gasteiger partial charge in [0.2, 0.25) is 0 Å². The van der Waals surface area contributed by atoms with E-state index in [1.54, 1.807) is 6.26 Å². The predicted octanol–water partition coefficient (Wildman–Crippen LogP) is 6.22. The molecule has 0 aliphatic carbocycles. The maximum Gasteiger partial charge on any atom is 0.0303 e. The molecule has 0 saturated carbocycles. The fourth-order valence-electron chi connectivity index (χ4n) is 3.92. The summed E-state index contributed by atoms with van der Waals surface area (Å²) in [6, 6.07) is 20.2. The number of hydrogen-bond acceptors (Lipinski definition) is 2. The zero-order valence-electron chi connectivity index (χ0n) is 14.5. The summed E-state index contributed by atoms with van der Waals surface area (Å²) in [6.45, 7) is 4.32. The summed E-state index contributed by atoms with van der Waals surface area (Å²) in [5, 5.41) is 4.38. The predicted molar refractivity (Wildman–Crippen MR) is 103 cm³/mol. The molecule has 0 aliphatic heterocycles. The Morgan fingerprint density at radius 2 is 1.62 bits per heavy atom. The van der Waals surface area contributed by atoms with Crippen LogP contribution in [0.3, 0.4) is 0 Å². The number of benzene rings is 3. The topological polar surface area (TPSA) is 26.0 Å². The summed E-state index contributed by atoms with van der Waals surface area (Å²) in [7, 11) is 0. The molecular weight excluding hydrogens is 498 g/mol. The molecule has 1 radical (unpaired) electrons. The molecule has 0 fully saturated rings. The minimum absolute atomic E-state index is 0. The second kappa shape index (κ2) is 6.35. The molecule has 26 heavy (non-hydrogen) atoms. The Kier molecular flexibility index (Phi) is 4.14. The summed E-state index contributed by atoms with van der Waals surface area (Å²) < 4.78 is 5.89. The number of aromatic nitrogens is 1. The van der Waals surface area contributed by atoms with Crippen LogP contribution >= 0.6 is 0 Å². The number of fused-ring (bicyclic) bond motifs is 6. The van der Waals surface area contributed by atoms with Crippen LogP contribution in [0.5, 0.6) is 0 Å². The van der Waals surface area contributed by atoms with E-state index in [0.29, 0.717) is 0 Å². The molecule has 0 aliphatic rings. The molecule has 0 spiro atoms. The van der Waals surface area contributed by atoms with Gasteiger partial charge in [0.1, 0.15) is 0 Å². The maximum atomic E-state index is 5.89. The van der Waals surface area contributed by atoms with E-state index in [1.165, 1.54) is 27.6 Å². The van der Waals surface area contributed by atoms with Gasteiger partial charge in [-0.05, 0) is 63.8 Å². The van der Waals surface area contributed by atoms with Crippen LogP contribution in [0.25, 0.3) is 43.8 Å². The molecule has 5 aromatic rings. The molecule has 0 atom stereocenters. The Labute approximate surface area is 165 Å². The largest absolute Gasteiger partial charge is 0.535 e. The molecule has 3 aromatic carbocycles. The van der Waals surface area contributed by atoms with Crippen LogP contribution in [-0.4, -0.2) is 4.98 Å². The van der Waals surface area contributed by atoms with Gasteiger partial charge < -0.3 is 9.40 Å². The van der Waals surface area contributed by atoms with Gasteiger partial charge in [0.15, 0.2) is 0 Å². The van der Waals surface area contributed by atoms with Crippen molar-refractivity contribution in [2.24, 2.45) is 0 Å². The van der Waals surface area contributed by atoms with Crippen LogP contribution in [0.4, 0.5) is 0 Å². The Bertz CT molecular complexity index is 1250. The number of aryl methyl sites for hydroxylation is 2. The first-order valence-corrected chi connectivity index (χ1v) is 8.40. The van der Waals surface area contributed by atoms with Crippen LogP contribution in [0.15, 0.2) is 65.4 Å². The smallest absolute Gasteiger partial charge is 0.0303 e. The Morgan fingerprint density at radius 1 is 0.885 bits per heavy atom. The van der Waals surface area contributed by atoms with E-state index in [0.717, 1.165) is 27.3 Å². The third-order valence-electron chi connectivity index (χ3n) is 4.98. The van der Waals surface area contributed by atoms with Gasteiger partial charge in [-0.2, -0.15) is 0 Å². The molecule has 0 bridgehead atoms. The van der Waals surface area contributed by atoms with Crippen molar-refractivity contribution < 1.29 is 24.5 Å².